The molecule has 1 nitrogen and oxygen atoms in total. The van der Waals surface area contributed by atoms with Crippen molar-refractivity contribution in [2.24, 2.45) is 16.7 Å². The summed E-state index contributed by atoms with van der Waals surface area (Å²) < 4.78 is 0. The summed E-state index contributed by atoms with van der Waals surface area (Å²) in [5.41, 5.74) is 1.34. The third-order valence-electron chi connectivity index (χ3n) is 5.76. The molecule has 0 aromatic heterocycles. The van der Waals surface area contributed by atoms with Gasteiger partial charge in [0.25, 0.3) is 0 Å². The highest BCUT2D eigenvalue weighted by atomic mass is 32.2. The maximum atomic E-state index is 12.8. The van der Waals surface area contributed by atoms with Gasteiger partial charge in [0.05, 0.1) is 5.25 Å². The molecule has 2 saturated carbocycles. The summed E-state index contributed by atoms with van der Waals surface area (Å²) in [5.74, 6) is 1.02. The van der Waals surface area contributed by atoms with Crippen molar-refractivity contribution in [2.75, 3.05) is 0 Å². The summed E-state index contributed by atoms with van der Waals surface area (Å²) in [4.78, 5) is 14.0. The molecule has 0 amide bonds. The Balaban J connectivity index is 1.88. The lowest BCUT2D eigenvalue weighted by atomic mass is 9.70. The molecule has 0 spiro atoms. The van der Waals surface area contributed by atoms with E-state index >= 15 is 0 Å². The quantitative estimate of drug-likeness (QED) is 0.791. The zero-order valence-corrected chi connectivity index (χ0v) is 13.0. The van der Waals surface area contributed by atoms with Crippen molar-refractivity contribution in [1.29, 1.82) is 0 Å². The van der Waals surface area contributed by atoms with Gasteiger partial charge in [0.2, 0.25) is 0 Å². The number of carbonyl (C=O) groups excluding carboxylic acids is 1. The Hall–Kier alpha value is -0.760. The molecule has 0 radical (unpaired) electrons. The van der Waals surface area contributed by atoms with E-state index in [1.807, 2.05) is 0 Å². The number of hydrogen-bond acceptors (Lipinski definition) is 2. The number of benzene rings is 1. The average molecular weight is 274 g/mol. The number of ketones is 1. The first-order valence-electron chi connectivity index (χ1n) is 7.14. The van der Waals surface area contributed by atoms with Crippen molar-refractivity contribution in [3.8, 4) is 0 Å². The van der Waals surface area contributed by atoms with Crippen LogP contribution in [0.3, 0.4) is 0 Å². The number of carbonyl (C=O) groups is 1. The lowest BCUT2D eigenvalue weighted by Crippen LogP contribution is -2.34. The first kappa shape index (κ1) is 13.2. The highest BCUT2D eigenvalue weighted by molar-refractivity contribution is 8.00. The topological polar surface area (TPSA) is 17.1 Å². The molecule has 2 aliphatic rings. The van der Waals surface area contributed by atoms with E-state index in [0.29, 0.717) is 11.7 Å². The van der Waals surface area contributed by atoms with E-state index in [4.69, 9.17) is 0 Å². The molecule has 0 heterocycles. The molecule has 1 aromatic rings. The fourth-order valence-corrected chi connectivity index (χ4v) is 5.50. The fourth-order valence-electron chi connectivity index (χ4n) is 3.90. The molecule has 102 valence electrons. The molecule has 3 unspecified atom stereocenters. The Bertz CT molecular complexity index is 517. The van der Waals surface area contributed by atoms with Crippen LogP contribution in [0.5, 0.6) is 0 Å². The predicted octanol–water partition coefficient (Wildman–Crippen LogP) is 4.48. The van der Waals surface area contributed by atoms with Crippen molar-refractivity contribution in [2.45, 2.75) is 50.7 Å². The molecule has 2 aliphatic carbocycles. The van der Waals surface area contributed by atoms with Crippen molar-refractivity contribution in [3.05, 3.63) is 29.8 Å². The van der Waals surface area contributed by atoms with Gasteiger partial charge in [0.1, 0.15) is 0 Å². The van der Waals surface area contributed by atoms with Gasteiger partial charge in [-0.2, -0.15) is 0 Å². The van der Waals surface area contributed by atoms with Crippen molar-refractivity contribution < 1.29 is 4.79 Å². The molecular weight excluding hydrogens is 252 g/mol. The standard InChI is InChI=1S/C17H22OS/c1-11-5-7-12(8-6-11)19-14-13-9-10-17(4,15(14)18)16(13,2)3/h5-8,13-14H,9-10H2,1-4H3. The van der Waals surface area contributed by atoms with Crippen LogP contribution in [-0.4, -0.2) is 11.0 Å². The number of aryl methyl sites for hydroxylation is 1. The van der Waals surface area contributed by atoms with E-state index in [2.05, 4.69) is 52.0 Å². The average Bonchev–Trinajstić information content (AvgIpc) is 2.66. The Morgan fingerprint density at radius 3 is 2.32 bits per heavy atom. The second-order valence-corrected chi connectivity index (χ2v) is 8.13. The van der Waals surface area contributed by atoms with E-state index in [9.17, 15) is 4.79 Å². The van der Waals surface area contributed by atoms with Crippen LogP contribution in [-0.2, 0) is 4.79 Å². The third kappa shape index (κ3) is 1.72. The van der Waals surface area contributed by atoms with Crippen molar-refractivity contribution >= 4 is 17.5 Å². The molecule has 0 aliphatic heterocycles. The van der Waals surface area contributed by atoms with Crippen LogP contribution < -0.4 is 0 Å². The first-order valence-corrected chi connectivity index (χ1v) is 8.02. The molecule has 1 aromatic carbocycles. The van der Waals surface area contributed by atoms with Crippen LogP contribution in [0, 0.1) is 23.7 Å². The monoisotopic (exact) mass is 274 g/mol. The summed E-state index contributed by atoms with van der Waals surface area (Å²) in [7, 11) is 0. The maximum absolute atomic E-state index is 12.8. The summed E-state index contributed by atoms with van der Waals surface area (Å²) in [5, 5.41) is 0.163. The Morgan fingerprint density at radius 2 is 1.79 bits per heavy atom. The van der Waals surface area contributed by atoms with Crippen molar-refractivity contribution in [1.82, 2.24) is 0 Å². The molecule has 0 N–H and O–H groups in total. The molecular formula is C17H22OS. The second kappa shape index (κ2) is 4.12. The first-order chi connectivity index (χ1) is 8.86. The summed E-state index contributed by atoms with van der Waals surface area (Å²) >= 11 is 1.78. The van der Waals surface area contributed by atoms with E-state index in [-0.39, 0.29) is 16.1 Å². The number of fused-ring (bicyclic) bond motifs is 2. The van der Waals surface area contributed by atoms with Gasteiger partial charge in [-0.05, 0) is 43.2 Å². The van der Waals surface area contributed by atoms with E-state index in [0.717, 1.165) is 6.42 Å². The lowest BCUT2D eigenvalue weighted by molar-refractivity contribution is -0.127. The van der Waals surface area contributed by atoms with Crippen LogP contribution in [0.2, 0.25) is 0 Å². The third-order valence-corrected chi connectivity index (χ3v) is 7.10. The van der Waals surface area contributed by atoms with Gasteiger partial charge in [0.15, 0.2) is 5.78 Å². The zero-order chi connectivity index (χ0) is 13.8. The van der Waals surface area contributed by atoms with Gasteiger partial charge < -0.3 is 0 Å². The summed E-state index contributed by atoms with van der Waals surface area (Å²) in [6.45, 7) is 8.86. The molecule has 2 fully saturated rings. The minimum Gasteiger partial charge on any atom is -0.298 e. The van der Waals surface area contributed by atoms with Gasteiger partial charge in [-0.25, -0.2) is 0 Å². The van der Waals surface area contributed by atoms with Crippen LogP contribution in [0.1, 0.15) is 39.2 Å². The highest BCUT2D eigenvalue weighted by Crippen LogP contribution is 2.66. The van der Waals surface area contributed by atoms with Gasteiger partial charge in [-0.15, -0.1) is 11.8 Å². The number of hydrogen-bond donors (Lipinski definition) is 0. The predicted molar refractivity (Wildman–Crippen MR) is 80.4 cm³/mol. The number of thioether (sulfide) groups is 1. The van der Waals surface area contributed by atoms with Gasteiger partial charge >= 0.3 is 0 Å². The number of rotatable bonds is 2. The second-order valence-electron chi connectivity index (χ2n) is 6.91. The SMILES string of the molecule is Cc1ccc(SC2C(=O)C3(C)CCC2C3(C)C)cc1. The van der Waals surface area contributed by atoms with Crippen LogP contribution in [0.15, 0.2) is 29.2 Å². The smallest absolute Gasteiger partial charge is 0.152 e. The molecule has 3 atom stereocenters. The highest BCUT2D eigenvalue weighted by Gasteiger charge is 2.66. The van der Waals surface area contributed by atoms with Crippen LogP contribution >= 0.6 is 11.8 Å². The van der Waals surface area contributed by atoms with Gasteiger partial charge in [0, 0.05) is 10.3 Å². The van der Waals surface area contributed by atoms with Crippen LogP contribution in [0.25, 0.3) is 0 Å². The van der Waals surface area contributed by atoms with Crippen LogP contribution in [0.4, 0.5) is 0 Å². The maximum Gasteiger partial charge on any atom is 0.152 e. The van der Waals surface area contributed by atoms with E-state index < -0.39 is 0 Å². The molecule has 0 saturated heterocycles. The van der Waals surface area contributed by atoms with Gasteiger partial charge in [-0.3, -0.25) is 4.79 Å². The summed E-state index contributed by atoms with van der Waals surface area (Å²) in [6, 6.07) is 8.56. The normalized spacial score (nSPS) is 35.9. The Kier molecular flexibility index (Phi) is 2.87. The van der Waals surface area contributed by atoms with Gasteiger partial charge in [-0.1, -0.05) is 38.5 Å². The Morgan fingerprint density at radius 1 is 1.16 bits per heavy atom. The zero-order valence-electron chi connectivity index (χ0n) is 12.2. The largest absolute Gasteiger partial charge is 0.298 e. The van der Waals surface area contributed by atoms with Crippen molar-refractivity contribution in [3.63, 3.8) is 0 Å². The van der Waals surface area contributed by atoms with E-state index in [1.165, 1.54) is 16.9 Å². The molecule has 3 rings (SSSR count). The van der Waals surface area contributed by atoms with E-state index in [1.54, 1.807) is 11.8 Å². The Labute approximate surface area is 120 Å². The minimum absolute atomic E-state index is 0.0972. The molecule has 2 heteroatoms. The minimum atomic E-state index is -0.0972. The fraction of sp³-hybridized carbons (Fsp3) is 0.588. The molecule has 19 heavy (non-hydrogen) atoms. The molecule has 2 bridgehead atoms. The summed E-state index contributed by atoms with van der Waals surface area (Å²) in [6.07, 6.45) is 2.28. The number of Topliss-reactive ketones (excluding diaryl/α,β-unsaturated/α-hetero) is 1. The lowest BCUT2D eigenvalue weighted by Gasteiger charge is -2.32.